The van der Waals surface area contributed by atoms with Crippen LogP contribution in [-0.4, -0.2) is 48.6 Å². The van der Waals surface area contributed by atoms with Gasteiger partial charge in [-0.05, 0) is 53.4 Å². The third-order valence-corrected chi connectivity index (χ3v) is 6.26. The first-order valence-electron chi connectivity index (χ1n) is 11.5. The molecule has 0 saturated heterocycles. The van der Waals surface area contributed by atoms with Crippen molar-refractivity contribution in [3.8, 4) is 0 Å². The number of carboxylic acids is 2. The molecule has 0 aliphatic heterocycles. The van der Waals surface area contributed by atoms with Crippen molar-refractivity contribution in [3.63, 3.8) is 0 Å². The van der Waals surface area contributed by atoms with Gasteiger partial charge < -0.3 is 19.7 Å². The molecule has 0 rings (SSSR count). The molecule has 0 bridgehead atoms. The zero-order valence-electron chi connectivity index (χ0n) is 20.2. The van der Waals surface area contributed by atoms with Gasteiger partial charge in [0.15, 0.2) is 0 Å². The number of rotatable bonds is 19. The summed E-state index contributed by atoms with van der Waals surface area (Å²) in [5, 5.41) is 18.3. The van der Waals surface area contributed by atoms with Crippen LogP contribution in [0.25, 0.3) is 0 Å². The minimum absolute atomic E-state index is 0.0800. The lowest BCUT2D eigenvalue weighted by Crippen LogP contribution is -2.30. The summed E-state index contributed by atoms with van der Waals surface area (Å²) in [6.45, 7) is 7.14. The monoisotopic (exact) mass is 430 g/mol. The third-order valence-electron chi connectivity index (χ3n) is 6.26. The summed E-state index contributed by atoms with van der Waals surface area (Å²) in [5.41, 5.74) is -1.28. The maximum Gasteiger partial charge on any atom is 0.309 e. The molecular formula is C24H46O6. The van der Waals surface area contributed by atoms with Crippen LogP contribution >= 0.6 is 0 Å². The quantitative estimate of drug-likeness (QED) is 0.247. The lowest BCUT2D eigenvalue weighted by atomic mass is 9.87. The van der Waals surface area contributed by atoms with Gasteiger partial charge in [0.25, 0.3) is 0 Å². The van der Waals surface area contributed by atoms with Gasteiger partial charge >= 0.3 is 11.9 Å². The molecule has 0 spiro atoms. The average molecular weight is 431 g/mol. The lowest BCUT2D eigenvalue weighted by molar-refractivity contribution is -0.148. The Labute approximate surface area is 183 Å². The van der Waals surface area contributed by atoms with Crippen LogP contribution in [-0.2, 0) is 19.1 Å². The standard InChI is InChI=1S/C24H46O6/c1-23(2,21(25)26)17-13-9-7-11-15-19(29-5)20(30-6)16-12-8-10-14-18-24(3,4)22(27)28/h19-20H,7-18H2,1-6H3,(H,25,26)(H,27,28)/t19-,20-/m0/s1. The van der Waals surface area contributed by atoms with Crippen LogP contribution in [0.3, 0.4) is 0 Å². The molecule has 6 heteroatoms. The molecule has 30 heavy (non-hydrogen) atoms. The number of hydrogen-bond acceptors (Lipinski definition) is 4. The minimum atomic E-state index is -0.726. The van der Waals surface area contributed by atoms with Crippen molar-refractivity contribution in [1.82, 2.24) is 0 Å². The van der Waals surface area contributed by atoms with E-state index < -0.39 is 22.8 Å². The normalized spacial score (nSPS) is 14.5. The second kappa shape index (κ2) is 14.8. The zero-order chi connectivity index (χ0) is 23.2. The van der Waals surface area contributed by atoms with Crippen LogP contribution < -0.4 is 0 Å². The van der Waals surface area contributed by atoms with Gasteiger partial charge in [-0.1, -0.05) is 51.4 Å². The van der Waals surface area contributed by atoms with Gasteiger partial charge in [0.2, 0.25) is 0 Å². The van der Waals surface area contributed by atoms with Gasteiger partial charge in [0.1, 0.15) is 0 Å². The van der Waals surface area contributed by atoms with Crippen LogP contribution in [0.4, 0.5) is 0 Å². The maximum absolute atomic E-state index is 11.1. The molecule has 0 amide bonds. The first-order valence-corrected chi connectivity index (χ1v) is 11.5. The molecule has 0 aromatic heterocycles. The van der Waals surface area contributed by atoms with Crippen molar-refractivity contribution in [2.75, 3.05) is 14.2 Å². The number of carbonyl (C=O) groups is 2. The second-order valence-electron chi connectivity index (χ2n) is 9.83. The molecule has 2 N–H and O–H groups in total. The van der Waals surface area contributed by atoms with Crippen molar-refractivity contribution >= 4 is 11.9 Å². The lowest BCUT2D eigenvalue weighted by Gasteiger charge is -2.25. The van der Waals surface area contributed by atoms with Crippen molar-refractivity contribution in [2.24, 2.45) is 10.8 Å². The summed E-state index contributed by atoms with van der Waals surface area (Å²) >= 11 is 0. The van der Waals surface area contributed by atoms with Crippen LogP contribution in [0, 0.1) is 10.8 Å². The number of hydrogen-bond donors (Lipinski definition) is 2. The topological polar surface area (TPSA) is 93.1 Å². The number of aliphatic carboxylic acids is 2. The highest BCUT2D eigenvalue weighted by atomic mass is 16.5. The molecule has 0 aromatic rings. The van der Waals surface area contributed by atoms with Gasteiger partial charge in [-0.15, -0.1) is 0 Å². The summed E-state index contributed by atoms with van der Waals surface area (Å²) in [7, 11) is 3.47. The van der Waals surface area contributed by atoms with E-state index in [1.807, 2.05) is 0 Å². The molecule has 0 fully saturated rings. The van der Waals surface area contributed by atoms with E-state index >= 15 is 0 Å². The Bertz CT molecular complexity index is 442. The van der Waals surface area contributed by atoms with Crippen LogP contribution in [0.5, 0.6) is 0 Å². The summed E-state index contributed by atoms with van der Waals surface area (Å²) in [5.74, 6) is -1.45. The molecule has 0 aliphatic rings. The molecule has 0 heterocycles. The van der Waals surface area contributed by atoms with Gasteiger partial charge in [-0.2, -0.15) is 0 Å². The molecule has 0 aromatic carbocycles. The van der Waals surface area contributed by atoms with E-state index in [4.69, 9.17) is 19.7 Å². The van der Waals surface area contributed by atoms with E-state index in [9.17, 15) is 9.59 Å². The fraction of sp³-hybridized carbons (Fsp3) is 0.917. The largest absolute Gasteiger partial charge is 0.481 e. The fourth-order valence-corrected chi connectivity index (χ4v) is 3.66. The van der Waals surface area contributed by atoms with E-state index in [0.717, 1.165) is 64.2 Å². The second-order valence-corrected chi connectivity index (χ2v) is 9.83. The van der Waals surface area contributed by atoms with Gasteiger partial charge in [-0.25, -0.2) is 0 Å². The molecule has 178 valence electrons. The maximum atomic E-state index is 11.1. The molecule has 0 aliphatic carbocycles. The van der Waals surface area contributed by atoms with Crippen LogP contribution in [0.15, 0.2) is 0 Å². The van der Waals surface area contributed by atoms with Gasteiger partial charge in [-0.3, -0.25) is 9.59 Å². The Morgan fingerprint density at radius 3 is 1.20 bits per heavy atom. The summed E-state index contributed by atoms with van der Waals surface area (Å²) in [6.07, 6.45) is 11.7. The van der Waals surface area contributed by atoms with E-state index in [0.29, 0.717) is 12.8 Å². The van der Waals surface area contributed by atoms with Gasteiger partial charge in [0.05, 0.1) is 23.0 Å². The predicted octanol–water partition coefficient (Wildman–Crippen LogP) is 5.92. The first kappa shape index (κ1) is 28.9. The van der Waals surface area contributed by atoms with Crippen LogP contribution in [0.1, 0.15) is 105 Å². The van der Waals surface area contributed by atoms with Gasteiger partial charge in [0, 0.05) is 14.2 Å². The van der Waals surface area contributed by atoms with E-state index in [1.54, 1.807) is 41.9 Å². The van der Waals surface area contributed by atoms with Crippen molar-refractivity contribution in [1.29, 1.82) is 0 Å². The Kier molecular flexibility index (Phi) is 14.2. The zero-order valence-corrected chi connectivity index (χ0v) is 20.2. The smallest absolute Gasteiger partial charge is 0.309 e. The molecule has 2 atom stereocenters. The number of methoxy groups -OCH3 is 2. The summed E-state index contributed by atoms with van der Waals surface area (Å²) < 4.78 is 11.4. The Hall–Kier alpha value is -1.14. The highest BCUT2D eigenvalue weighted by Gasteiger charge is 2.27. The molecule has 0 unspecified atom stereocenters. The van der Waals surface area contributed by atoms with E-state index in [1.165, 1.54) is 0 Å². The van der Waals surface area contributed by atoms with Crippen molar-refractivity contribution in [2.45, 2.75) is 117 Å². The highest BCUT2D eigenvalue weighted by Crippen LogP contribution is 2.26. The van der Waals surface area contributed by atoms with Crippen LogP contribution in [0.2, 0.25) is 0 Å². The number of unbranched alkanes of at least 4 members (excludes halogenated alkanes) is 6. The molecular weight excluding hydrogens is 384 g/mol. The van der Waals surface area contributed by atoms with Crippen molar-refractivity contribution < 1.29 is 29.3 Å². The average Bonchev–Trinajstić information content (AvgIpc) is 2.67. The molecule has 0 radical (unpaired) electrons. The highest BCUT2D eigenvalue weighted by molar-refractivity contribution is 5.73. The predicted molar refractivity (Wildman–Crippen MR) is 120 cm³/mol. The summed E-state index contributed by atoms with van der Waals surface area (Å²) in [6, 6.07) is 0. The number of carboxylic acid groups (broad SMARTS) is 2. The van der Waals surface area contributed by atoms with E-state index in [-0.39, 0.29) is 12.2 Å². The first-order chi connectivity index (χ1) is 14.0. The van der Waals surface area contributed by atoms with E-state index in [2.05, 4.69) is 0 Å². The Morgan fingerprint density at radius 2 is 0.933 bits per heavy atom. The Morgan fingerprint density at radius 1 is 0.633 bits per heavy atom. The molecule has 6 nitrogen and oxygen atoms in total. The fourth-order valence-electron chi connectivity index (χ4n) is 3.66. The summed E-state index contributed by atoms with van der Waals surface area (Å²) in [4.78, 5) is 22.3. The van der Waals surface area contributed by atoms with Crippen molar-refractivity contribution in [3.05, 3.63) is 0 Å². The molecule has 0 saturated carbocycles. The minimum Gasteiger partial charge on any atom is -0.481 e. The Balaban J connectivity index is 4.03. The third kappa shape index (κ3) is 11.9. The SMILES string of the molecule is CO[C@@H](CCCCCCC(C)(C)C(=O)O)[C@H](CCCCCCC(C)(C)C(=O)O)OC. The number of ether oxygens (including phenoxy) is 2.